The Kier molecular flexibility index (Phi) is 2.94. The Labute approximate surface area is 104 Å². The van der Waals surface area contributed by atoms with E-state index < -0.39 is 5.97 Å². The van der Waals surface area contributed by atoms with Gasteiger partial charge >= 0.3 is 5.97 Å². The minimum Gasteiger partial charge on any atom is -0.478 e. The molecule has 17 heavy (non-hydrogen) atoms. The molecule has 2 aromatic rings. The van der Waals surface area contributed by atoms with Gasteiger partial charge in [0.05, 0.1) is 0 Å². The Hall–Kier alpha value is -1.74. The lowest BCUT2D eigenvalue weighted by Gasteiger charge is -1.98. The van der Waals surface area contributed by atoms with Gasteiger partial charge in [0.2, 0.25) is 0 Å². The van der Waals surface area contributed by atoms with Gasteiger partial charge in [-0.25, -0.2) is 4.79 Å². The van der Waals surface area contributed by atoms with Crippen LogP contribution >= 0.6 is 11.6 Å². The van der Waals surface area contributed by atoms with Gasteiger partial charge < -0.3 is 9.67 Å². The summed E-state index contributed by atoms with van der Waals surface area (Å²) >= 11 is 5.97. The number of carbonyl (C=O) groups is 1. The average Bonchev–Trinajstić information content (AvgIpc) is 2.54. The van der Waals surface area contributed by atoms with Crippen LogP contribution in [0.15, 0.2) is 30.5 Å². The van der Waals surface area contributed by atoms with Crippen LogP contribution in [-0.2, 0) is 11.8 Å². The second-order valence-corrected chi connectivity index (χ2v) is 4.42. The normalized spacial score (nSPS) is 12.1. The van der Waals surface area contributed by atoms with Gasteiger partial charge in [-0.05, 0) is 30.7 Å². The fraction of sp³-hybridized carbons (Fsp3) is 0.154. The first-order valence-electron chi connectivity index (χ1n) is 5.15. The topological polar surface area (TPSA) is 42.2 Å². The molecule has 0 spiro atoms. The van der Waals surface area contributed by atoms with E-state index in [1.54, 1.807) is 6.92 Å². The van der Waals surface area contributed by atoms with E-state index >= 15 is 0 Å². The third-order valence-electron chi connectivity index (χ3n) is 2.72. The highest BCUT2D eigenvalue weighted by atomic mass is 35.5. The molecule has 1 heterocycles. The van der Waals surface area contributed by atoms with E-state index in [-0.39, 0.29) is 0 Å². The average molecular weight is 250 g/mol. The van der Waals surface area contributed by atoms with Gasteiger partial charge in [0.25, 0.3) is 0 Å². The molecule has 0 unspecified atom stereocenters. The fourth-order valence-corrected chi connectivity index (χ4v) is 2.11. The van der Waals surface area contributed by atoms with Crippen molar-refractivity contribution in [1.29, 1.82) is 0 Å². The molecule has 4 heteroatoms. The summed E-state index contributed by atoms with van der Waals surface area (Å²) < 4.78 is 1.96. The van der Waals surface area contributed by atoms with E-state index in [9.17, 15) is 4.79 Å². The number of nitrogens with zero attached hydrogens (tertiary/aromatic N) is 1. The minimum absolute atomic E-state index is 0.646. The van der Waals surface area contributed by atoms with Crippen LogP contribution in [0.1, 0.15) is 12.5 Å². The summed E-state index contributed by atoms with van der Waals surface area (Å²) in [6.07, 6.45) is 3.12. The standard InChI is InChI=1S/C13H12ClNO2/c1-8(5-13(16)17)11-7-15(2)12-4-3-9(14)6-10(11)12/h3-7H,1-2H3,(H,16,17)/b8-5+. The first-order valence-corrected chi connectivity index (χ1v) is 5.53. The molecule has 1 aromatic heterocycles. The van der Waals surface area contributed by atoms with Crippen molar-refractivity contribution >= 4 is 34.0 Å². The van der Waals surface area contributed by atoms with E-state index in [1.807, 2.05) is 36.0 Å². The smallest absolute Gasteiger partial charge is 0.328 e. The van der Waals surface area contributed by atoms with Crippen LogP contribution in [0.25, 0.3) is 16.5 Å². The summed E-state index contributed by atoms with van der Waals surface area (Å²) in [5.74, 6) is -0.943. The van der Waals surface area contributed by atoms with Gasteiger partial charge in [-0.1, -0.05) is 11.6 Å². The minimum atomic E-state index is -0.943. The molecule has 0 aliphatic heterocycles. The Morgan fingerprint density at radius 1 is 1.47 bits per heavy atom. The number of aliphatic carboxylic acids is 1. The van der Waals surface area contributed by atoms with Crippen molar-refractivity contribution in [2.75, 3.05) is 0 Å². The van der Waals surface area contributed by atoms with E-state index in [1.165, 1.54) is 6.08 Å². The molecule has 3 nitrogen and oxygen atoms in total. The van der Waals surface area contributed by atoms with Gasteiger partial charge in [0, 0.05) is 40.8 Å². The molecular formula is C13H12ClNO2. The molecular weight excluding hydrogens is 238 g/mol. The lowest BCUT2D eigenvalue weighted by atomic mass is 10.1. The predicted octanol–water partition coefficient (Wildman–Crippen LogP) is 3.32. The third-order valence-corrected chi connectivity index (χ3v) is 2.95. The van der Waals surface area contributed by atoms with Crippen LogP contribution in [-0.4, -0.2) is 15.6 Å². The van der Waals surface area contributed by atoms with E-state index in [0.717, 1.165) is 16.5 Å². The Bertz CT molecular complexity index is 626. The molecule has 0 atom stereocenters. The summed E-state index contributed by atoms with van der Waals surface area (Å²) in [6.45, 7) is 1.78. The van der Waals surface area contributed by atoms with Crippen LogP contribution in [0.5, 0.6) is 0 Å². The van der Waals surface area contributed by atoms with Gasteiger partial charge in [0.1, 0.15) is 0 Å². The largest absolute Gasteiger partial charge is 0.478 e. The molecule has 0 saturated carbocycles. The zero-order valence-electron chi connectivity index (χ0n) is 9.57. The van der Waals surface area contributed by atoms with Gasteiger partial charge in [-0.3, -0.25) is 0 Å². The lowest BCUT2D eigenvalue weighted by Crippen LogP contribution is -1.89. The zero-order valence-corrected chi connectivity index (χ0v) is 10.3. The van der Waals surface area contributed by atoms with Crippen molar-refractivity contribution in [3.05, 3.63) is 41.1 Å². The number of hydrogen-bond donors (Lipinski definition) is 1. The number of benzene rings is 1. The molecule has 0 bridgehead atoms. The van der Waals surface area contributed by atoms with Crippen molar-refractivity contribution in [3.63, 3.8) is 0 Å². The summed E-state index contributed by atoms with van der Waals surface area (Å²) in [6, 6.07) is 5.60. The number of hydrogen-bond acceptors (Lipinski definition) is 1. The van der Waals surface area contributed by atoms with Gasteiger partial charge in [-0.15, -0.1) is 0 Å². The molecule has 1 aromatic carbocycles. The van der Waals surface area contributed by atoms with Crippen molar-refractivity contribution < 1.29 is 9.90 Å². The highest BCUT2D eigenvalue weighted by Gasteiger charge is 2.09. The van der Waals surface area contributed by atoms with Crippen molar-refractivity contribution in [3.8, 4) is 0 Å². The Morgan fingerprint density at radius 3 is 2.82 bits per heavy atom. The third kappa shape index (κ3) is 2.19. The predicted molar refractivity (Wildman–Crippen MR) is 69.2 cm³/mol. The molecule has 1 N–H and O–H groups in total. The van der Waals surface area contributed by atoms with Crippen molar-refractivity contribution in [2.45, 2.75) is 6.92 Å². The highest BCUT2D eigenvalue weighted by Crippen LogP contribution is 2.28. The molecule has 0 saturated heterocycles. The first kappa shape index (κ1) is 11.7. The lowest BCUT2D eigenvalue weighted by molar-refractivity contribution is -0.131. The number of aromatic nitrogens is 1. The van der Waals surface area contributed by atoms with Gasteiger partial charge in [-0.2, -0.15) is 0 Å². The molecule has 0 aliphatic carbocycles. The van der Waals surface area contributed by atoms with Crippen LogP contribution in [0.4, 0.5) is 0 Å². The summed E-state index contributed by atoms with van der Waals surface area (Å²) in [4.78, 5) is 10.7. The number of halogens is 1. The SMILES string of the molecule is C/C(=C\C(=O)O)c1cn(C)c2ccc(Cl)cc12. The summed E-state index contributed by atoms with van der Waals surface area (Å²) in [5, 5.41) is 10.4. The van der Waals surface area contributed by atoms with E-state index in [4.69, 9.17) is 16.7 Å². The second kappa shape index (κ2) is 4.26. The molecule has 0 fully saturated rings. The van der Waals surface area contributed by atoms with Crippen LogP contribution in [0.3, 0.4) is 0 Å². The fourth-order valence-electron chi connectivity index (χ4n) is 1.94. The Morgan fingerprint density at radius 2 is 2.18 bits per heavy atom. The van der Waals surface area contributed by atoms with Gasteiger partial charge in [0.15, 0.2) is 0 Å². The van der Waals surface area contributed by atoms with Crippen molar-refractivity contribution in [2.24, 2.45) is 7.05 Å². The van der Waals surface area contributed by atoms with Crippen molar-refractivity contribution in [1.82, 2.24) is 4.57 Å². The number of aryl methyl sites for hydroxylation is 1. The molecule has 0 amide bonds. The van der Waals surface area contributed by atoms with Crippen LogP contribution in [0, 0.1) is 0 Å². The first-order chi connectivity index (χ1) is 7.99. The summed E-state index contributed by atoms with van der Waals surface area (Å²) in [5.41, 5.74) is 2.64. The highest BCUT2D eigenvalue weighted by molar-refractivity contribution is 6.31. The Balaban J connectivity index is 2.70. The molecule has 0 aliphatic rings. The number of carboxylic acids is 1. The maximum atomic E-state index is 10.7. The molecule has 88 valence electrons. The monoisotopic (exact) mass is 249 g/mol. The second-order valence-electron chi connectivity index (χ2n) is 3.98. The summed E-state index contributed by atoms with van der Waals surface area (Å²) in [7, 11) is 1.92. The number of fused-ring (bicyclic) bond motifs is 1. The quantitative estimate of drug-likeness (QED) is 0.830. The zero-order chi connectivity index (χ0) is 12.6. The van der Waals surface area contributed by atoms with E-state index in [2.05, 4.69) is 0 Å². The maximum Gasteiger partial charge on any atom is 0.328 e. The molecule has 0 radical (unpaired) electrons. The number of carboxylic acid groups (broad SMARTS) is 1. The number of allylic oxidation sites excluding steroid dienone is 1. The molecule has 2 rings (SSSR count). The van der Waals surface area contributed by atoms with Crippen LogP contribution in [0.2, 0.25) is 5.02 Å². The van der Waals surface area contributed by atoms with E-state index in [0.29, 0.717) is 10.6 Å². The van der Waals surface area contributed by atoms with Crippen LogP contribution < -0.4 is 0 Å². The maximum absolute atomic E-state index is 10.7. The number of rotatable bonds is 2.